The minimum atomic E-state index is 0.278. The van der Waals surface area contributed by atoms with Gasteiger partial charge in [0.05, 0.1) is 11.6 Å². The molecule has 0 spiro atoms. The summed E-state index contributed by atoms with van der Waals surface area (Å²) >= 11 is 0. The van der Waals surface area contributed by atoms with Crippen LogP contribution in [0.4, 0.5) is 0 Å². The summed E-state index contributed by atoms with van der Waals surface area (Å²) in [5.41, 5.74) is 3.07. The average molecular weight is 283 g/mol. The van der Waals surface area contributed by atoms with Crippen molar-refractivity contribution in [2.45, 2.75) is 12.8 Å². The molecule has 0 saturated heterocycles. The van der Waals surface area contributed by atoms with Crippen LogP contribution in [0.3, 0.4) is 0 Å². The molecule has 106 valence electrons. The molecule has 0 aliphatic heterocycles. The second-order valence-electron chi connectivity index (χ2n) is 5.49. The molecule has 22 heavy (non-hydrogen) atoms. The lowest BCUT2D eigenvalue weighted by atomic mass is 9.97. The van der Waals surface area contributed by atoms with Gasteiger partial charge in [0.2, 0.25) is 0 Å². The Bertz CT molecular complexity index is 868. The van der Waals surface area contributed by atoms with Gasteiger partial charge in [-0.05, 0) is 46.0 Å². The normalized spacial score (nSPS) is 12.4. The highest BCUT2D eigenvalue weighted by Gasteiger charge is 2.02. The first-order valence-corrected chi connectivity index (χ1v) is 7.43. The van der Waals surface area contributed by atoms with Crippen LogP contribution in [-0.4, -0.2) is 0 Å². The Morgan fingerprint density at radius 3 is 2.55 bits per heavy atom. The van der Waals surface area contributed by atoms with Gasteiger partial charge in [-0.15, -0.1) is 0 Å². The Morgan fingerprint density at radius 2 is 1.73 bits per heavy atom. The quantitative estimate of drug-likeness (QED) is 0.620. The van der Waals surface area contributed by atoms with Gasteiger partial charge in [-0.2, -0.15) is 5.26 Å². The zero-order valence-corrected chi connectivity index (χ0v) is 12.5. The lowest BCUT2D eigenvalue weighted by Gasteiger charge is -2.07. The van der Waals surface area contributed by atoms with E-state index in [0.29, 0.717) is 5.56 Å². The summed E-state index contributed by atoms with van der Waals surface area (Å²) in [5.74, 6) is 0.278. The molecule has 0 N–H and O–H groups in total. The standard InChI is InChI=1S/C21H17N/c1-16(20-8-4-5-18(14-20)15-22)9-10-17-11-12-19-6-2-3-7-21(19)13-17/h2-14,16H,1H3/b10-9+/t16-/m0/s1. The summed E-state index contributed by atoms with van der Waals surface area (Å²) in [5, 5.41) is 11.5. The molecule has 3 aromatic rings. The maximum atomic E-state index is 8.98. The summed E-state index contributed by atoms with van der Waals surface area (Å²) in [7, 11) is 0. The number of fused-ring (bicyclic) bond motifs is 1. The fourth-order valence-electron chi connectivity index (χ4n) is 2.57. The largest absolute Gasteiger partial charge is 0.192 e. The van der Waals surface area contributed by atoms with Gasteiger partial charge in [0, 0.05) is 0 Å². The number of benzene rings is 3. The highest BCUT2D eigenvalue weighted by molar-refractivity contribution is 5.84. The van der Waals surface area contributed by atoms with Crippen molar-refractivity contribution in [1.82, 2.24) is 0 Å². The van der Waals surface area contributed by atoms with E-state index in [1.165, 1.54) is 16.3 Å². The third-order valence-corrected chi connectivity index (χ3v) is 3.89. The highest BCUT2D eigenvalue weighted by atomic mass is 14.2. The molecule has 0 aliphatic carbocycles. The van der Waals surface area contributed by atoms with Crippen molar-refractivity contribution in [3.63, 3.8) is 0 Å². The second kappa shape index (κ2) is 6.28. The van der Waals surface area contributed by atoms with Crippen LogP contribution in [0.1, 0.15) is 29.5 Å². The summed E-state index contributed by atoms with van der Waals surface area (Å²) in [6.07, 6.45) is 4.33. The number of nitrogens with zero attached hydrogens (tertiary/aromatic N) is 1. The Kier molecular flexibility index (Phi) is 4.03. The molecule has 0 bridgehead atoms. The number of nitriles is 1. The van der Waals surface area contributed by atoms with E-state index in [-0.39, 0.29) is 5.92 Å². The maximum absolute atomic E-state index is 8.98. The molecule has 1 nitrogen and oxygen atoms in total. The lowest BCUT2D eigenvalue weighted by Crippen LogP contribution is -1.89. The van der Waals surface area contributed by atoms with Crippen LogP contribution in [0.2, 0.25) is 0 Å². The van der Waals surface area contributed by atoms with Gasteiger partial charge in [0.1, 0.15) is 0 Å². The van der Waals surface area contributed by atoms with E-state index >= 15 is 0 Å². The summed E-state index contributed by atoms with van der Waals surface area (Å²) in [6.45, 7) is 2.15. The third-order valence-electron chi connectivity index (χ3n) is 3.89. The number of hydrogen-bond acceptors (Lipinski definition) is 1. The number of hydrogen-bond donors (Lipinski definition) is 0. The molecule has 0 amide bonds. The molecule has 3 rings (SSSR count). The molecule has 0 unspecified atom stereocenters. The smallest absolute Gasteiger partial charge is 0.0991 e. The first kappa shape index (κ1) is 14.1. The maximum Gasteiger partial charge on any atom is 0.0991 e. The topological polar surface area (TPSA) is 23.8 Å². The van der Waals surface area contributed by atoms with E-state index in [9.17, 15) is 0 Å². The Labute approximate surface area is 131 Å². The number of rotatable bonds is 3. The van der Waals surface area contributed by atoms with Gasteiger partial charge in [-0.3, -0.25) is 0 Å². The van der Waals surface area contributed by atoms with Crippen LogP contribution in [-0.2, 0) is 0 Å². The van der Waals surface area contributed by atoms with Crippen molar-refractivity contribution in [3.05, 3.63) is 89.5 Å². The van der Waals surface area contributed by atoms with Crippen molar-refractivity contribution in [2.24, 2.45) is 0 Å². The van der Waals surface area contributed by atoms with Crippen molar-refractivity contribution in [1.29, 1.82) is 5.26 Å². The summed E-state index contributed by atoms with van der Waals surface area (Å²) < 4.78 is 0. The van der Waals surface area contributed by atoms with Crippen molar-refractivity contribution in [3.8, 4) is 6.07 Å². The Hall–Kier alpha value is -2.85. The van der Waals surface area contributed by atoms with E-state index in [1.54, 1.807) is 0 Å². The van der Waals surface area contributed by atoms with E-state index in [4.69, 9.17) is 5.26 Å². The van der Waals surface area contributed by atoms with Gasteiger partial charge in [0.25, 0.3) is 0 Å². The van der Waals surface area contributed by atoms with Gasteiger partial charge in [0.15, 0.2) is 0 Å². The van der Waals surface area contributed by atoms with E-state index < -0.39 is 0 Å². The van der Waals surface area contributed by atoms with Gasteiger partial charge in [-0.25, -0.2) is 0 Å². The van der Waals surface area contributed by atoms with Crippen LogP contribution < -0.4 is 0 Å². The van der Waals surface area contributed by atoms with Crippen LogP contribution in [0.25, 0.3) is 16.8 Å². The fraction of sp³-hybridized carbons (Fsp3) is 0.0952. The van der Waals surface area contributed by atoms with Crippen LogP contribution in [0.15, 0.2) is 72.8 Å². The molecular formula is C21H17N. The fourth-order valence-corrected chi connectivity index (χ4v) is 2.57. The van der Waals surface area contributed by atoms with Crippen molar-refractivity contribution in [2.75, 3.05) is 0 Å². The summed E-state index contributed by atoms with van der Waals surface area (Å²) in [6, 6.07) is 24.8. The van der Waals surface area contributed by atoms with E-state index in [2.05, 4.69) is 73.7 Å². The predicted octanol–water partition coefficient (Wildman–Crippen LogP) is 5.53. The van der Waals surface area contributed by atoms with Crippen molar-refractivity contribution >= 4 is 16.8 Å². The molecule has 1 atom stereocenters. The Balaban J connectivity index is 1.83. The molecule has 0 saturated carbocycles. The van der Waals surface area contributed by atoms with Crippen LogP contribution >= 0.6 is 0 Å². The molecule has 0 fully saturated rings. The second-order valence-corrected chi connectivity index (χ2v) is 5.49. The van der Waals surface area contributed by atoms with Gasteiger partial charge >= 0.3 is 0 Å². The van der Waals surface area contributed by atoms with Crippen molar-refractivity contribution < 1.29 is 0 Å². The zero-order valence-electron chi connectivity index (χ0n) is 12.5. The highest BCUT2D eigenvalue weighted by Crippen LogP contribution is 2.21. The Morgan fingerprint density at radius 1 is 0.909 bits per heavy atom. The predicted molar refractivity (Wildman–Crippen MR) is 92.6 cm³/mol. The molecule has 0 heterocycles. The van der Waals surface area contributed by atoms with Crippen LogP contribution in [0.5, 0.6) is 0 Å². The minimum Gasteiger partial charge on any atom is -0.192 e. The van der Waals surface area contributed by atoms with Crippen LogP contribution in [0, 0.1) is 11.3 Å². The first-order chi connectivity index (χ1) is 10.8. The van der Waals surface area contributed by atoms with E-state index in [0.717, 1.165) is 5.56 Å². The number of allylic oxidation sites excluding steroid dienone is 1. The first-order valence-electron chi connectivity index (χ1n) is 7.43. The van der Waals surface area contributed by atoms with Gasteiger partial charge in [-0.1, -0.05) is 67.6 Å². The molecule has 1 heteroatoms. The SMILES string of the molecule is C[C@@H](/C=C/c1ccc2ccccc2c1)c1cccc(C#N)c1. The average Bonchev–Trinajstić information content (AvgIpc) is 2.59. The summed E-state index contributed by atoms with van der Waals surface area (Å²) in [4.78, 5) is 0. The molecule has 0 aliphatic rings. The monoisotopic (exact) mass is 283 g/mol. The molecule has 3 aromatic carbocycles. The van der Waals surface area contributed by atoms with Gasteiger partial charge < -0.3 is 0 Å². The lowest BCUT2D eigenvalue weighted by molar-refractivity contribution is 0.972. The minimum absolute atomic E-state index is 0.278. The van der Waals surface area contributed by atoms with E-state index in [1.807, 2.05) is 18.2 Å². The molecule has 0 aromatic heterocycles. The third kappa shape index (κ3) is 3.07. The zero-order chi connectivity index (χ0) is 15.4. The molecule has 0 radical (unpaired) electrons. The molecular weight excluding hydrogens is 266 g/mol.